The Morgan fingerprint density at radius 1 is 1.50 bits per heavy atom. The van der Waals surface area contributed by atoms with Crippen molar-refractivity contribution in [3.05, 3.63) is 35.4 Å². The number of benzene rings is 1. The van der Waals surface area contributed by atoms with E-state index in [0.29, 0.717) is 22.9 Å². The second kappa shape index (κ2) is 5.88. The van der Waals surface area contributed by atoms with Crippen LogP contribution in [0.5, 0.6) is 0 Å². The number of hydrogen-bond donors (Lipinski definition) is 1. The van der Waals surface area contributed by atoms with E-state index in [4.69, 9.17) is 16.9 Å². The van der Waals surface area contributed by atoms with Crippen molar-refractivity contribution in [2.24, 2.45) is 5.92 Å². The van der Waals surface area contributed by atoms with Gasteiger partial charge in [-0.3, -0.25) is 4.79 Å². The third-order valence-electron chi connectivity index (χ3n) is 3.43. The Morgan fingerprint density at radius 2 is 2.33 bits per heavy atom. The number of nitriles is 1. The molecule has 2 unspecified atom stereocenters. The lowest BCUT2D eigenvalue weighted by Gasteiger charge is -2.18. The Kier molecular flexibility index (Phi) is 4.22. The number of nitrogens with one attached hydrogen (secondary N) is 1. The number of nitrogens with zero attached hydrogens (tertiary/aromatic N) is 1. The summed E-state index contributed by atoms with van der Waals surface area (Å²) in [7, 11) is 0. The molecule has 0 heterocycles. The molecule has 1 aliphatic carbocycles. The maximum atomic E-state index is 12.1. The molecular formula is C14H15ClN2O. The van der Waals surface area contributed by atoms with Gasteiger partial charge >= 0.3 is 0 Å². The van der Waals surface area contributed by atoms with Crippen LogP contribution in [0.4, 0.5) is 0 Å². The van der Waals surface area contributed by atoms with Gasteiger partial charge in [0.05, 0.1) is 11.6 Å². The van der Waals surface area contributed by atoms with Crippen LogP contribution in [0.1, 0.15) is 35.2 Å². The van der Waals surface area contributed by atoms with E-state index in [-0.39, 0.29) is 11.9 Å². The van der Waals surface area contributed by atoms with Crippen LogP contribution in [0.2, 0.25) is 0 Å². The molecule has 1 aliphatic rings. The van der Waals surface area contributed by atoms with E-state index in [1.807, 2.05) is 6.07 Å². The normalized spacial score (nSPS) is 22.4. The summed E-state index contributed by atoms with van der Waals surface area (Å²) >= 11 is 5.89. The van der Waals surface area contributed by atoms with Crippen molar-refractivity contribution in [3.8, 4) is 6.07 Å². The molecule has 1 N–H and O–H groups in total. The largest absolute Gasteiger partial charge is 0.349 e. The maximum absolute atomic E-state index is 12.1. The second-order valence-electron chi connectivity index (χ2n) is 4.62. The van der Waals surface area contributed by atoms with Crippen LogP contribution >= 0.6 is 11.6 Å². The molecule has 0 aromatic heterocycles. The van der Waals surface area contributed by atoms with E-state index >= 15 is 0 Å². The third kappa shape index (κ3) is 2.83. The molecule has 1 saturated carbocycles. The van der Waals surface area contributed by atoms with Gasteiger partial charge in [0.15, 0.2) is 0 Å². The smallest absolute Gasteiger partial charge is 0.251 e. The first-order valence-corrected chi connectivity index (χ1v) is 6.65. The fraction of sp³-hybridized carbons (Fsp3) is 0.429. The van der Waals surface area contributed by atoms with E-state index in [0.717, 1.165) is 19.3 Å². The van der Waals surface area contributed by atoms with E-state index in [1.165, 1.54) is 0 Å². The molecule has 0 spiro atoms. The van der Waals surface area contributed by atoms with Crippen molar-refractivity contribution in [3.63, 3.8) is 0 Å². The van der Waals surface area contributed by atoms with E-state index < -0.39 is 0 Å². The average Bonchev–Trinajstić information content (AvgIpc) is 2.86. The van der Waals surface area contributed by atoms with Crippen molar-refractivity contribution in [1.82, 2.24) is 5.32 Å². The summed E-state index contributed by atoms with van der Waals surface area (Å²) in [5, 5.41) is 11.8. The number of carbonyl (C=O) groups excluding carboxylic acids is 1. The molecule has 2 rings (SSSR count). The van der Waals surface area contributed by atoms with Crippen LogP contribution in [0.15, 0.2) is 24.3 Å². The lowest BCUT2D eigenvalue weighted by molar-refractivity contribution is 0.0930. The van der Waals surface area contributed by atoms with Crippen LogP contribution in [0.25, 0.3) is 0 Å². The van der Waals surface area contributed by atoms with Crippen LogP contribution in [0, 0.1) is 17.2 Å². The van der Waals surface area contributed by atoms with Crippen molar-refractivity contribution < 1.29 is 4.79 Å². The second-order valence-corrected chi connectivity index (χ2v) is 4.93. The lowest BCUT2D eigenvalue weighted by Crippen LogP contribution is -2.37. The van der Waals surface area contributed by atoms with Crippen molar-refractivity contribution >= 4 is 17.5 Å². The molecule has 4 heteroatoms. The SMILES string of the molecule is N#Cc1cccc(C(=O)NC2CCCC2CCl)c1. The highest BCUT2D eigenvalue weighted by Gasteiger charge is 2.27. The lowest BCUT2D eigenvalue weighted by atomic mass is 10.1. The van der Waals surface area contributed by atoms with Crippen LogP contribution in [-0.2, 0) is 0 Å². The summed E-state index contributed by atoms with van der Waals surface area (Å²) in [5.74, 6) is 0.840. The number of hydrogen-bond acceptors (Lipinski definition) is 2. The molecule has 1 aromatic carbocycles. The zero-order valence-corrected chi connectivity index (χ0v) is 10.8. The fourth-order valence-corrected chi connectivity index (χ4v) is 2.76. The van der Waals surface area contributed by atoms with Gasteiger partial charge in [-0.25, -0.2) is 0 Å². The Labute approximate surface area is 112 Å². The zero-order chi connectivity index (χ0) is 13.0. The molecule has 1 aromatic rings. The molecule has 1 amide bonds. The highest BCUT2D eigenvalue weighted by atomic mass is 35.5. The molecule has 0 aliphatic heterocycles. The van der Waals surface area contributed by atoms with Crippen molar-refractivity contribution in [2.45, 2.75) is 25.3 Å². The Balaban J connectivity index is 2.05. The Morgan fingerprint density at radius 3 is 3.06 bits per heavy atom. The first-order valence-electron chi connectivity index (χ1n) is 6.11. The van der Waals surface area contributed by atoms with Crippen LogP contribution in [0.3, 0.4) is 0 Å². The summed E-state index contributed by atoms with van der Waals surface area (Å²) < 4.78 is 0. The predicted octanol–water partition coefficient (Wildman–Crippen LogP) is 2.70. The summed E-state index contributed by atoms with van der Waals surface area (Å²) in [5.41, 5.74) is 1.04. The van der Waals surface area contributed by atoms with Gasteiger partial charge in [0.25, 0.3) is 5.91 Å². The maximum Gasteiger partial charge on any atom is 0.251 e. The summed E-state index contributed by atoms with van der Waals surface area (Å²) in [6.07, 6.45) is 3.17. The van der Waals surface area contributed by atoms with Crippen molar-refractivity contribution in [1.29, 1.82) is 5.26 Å². The van der Waals surface area contributed by atoms with Gasteiger partial charge in [-0.05, 0) is 37.0 Å². The molecule has 1 fully saturated rings. The van der Waals surface area contributed by atoms with E-state index in [2.05, 4.69) is 5.32 Å². The first kappa shape index (κ1) is 12.9. The quantitative estimate of drug-likeness (QED) is 0.852. The Hall–Kier alpha value is -1.53. The predicted molar refractivity (Wildman–Crippen MR) is 70.5 cm³/mol. The molecule has 3 nitrogen and oxygen atoms in total. The standard InChI is InChI=1S/C14H15ClN2O/c15-8-12-5-2-6-13(12)17-14(18)11-4-1-3-10(7-11)9-16/h1,3-4,7,12-13H,2,5-6,8H2,(H,17,18). The summed E-state index contributed by atoms with van der Waals surface area (Å²) in [6.45, 7) is 0. The monoisotopic (exact) mass is 262 g/mol. The minimum Gasteiger partial charge on any atom is -0.349 e. The van der Waals surface area contributed by atoms with Crippen molar-refractivity contribution in [2.75, 3.05) is 5.88 Å². The minimum atomic E-state index is -0.117. The molecule has 18 heavy (non-hydrogen) atoms. The number of amides is 1. The summed E-state index contributed by atoms with van der Waals surface area (Å²) in [4.78, 5) is 12.1. The van der Waals surface area contributed by atoms with Gasteiger partial charge in [0, 0.05) is 17.5 Å². The molecule has 0 bridgehead atoms. The van der Waals surface area contributed by atoms with Gasteiger partial charge in [0.1, 0.15) is 0 Å². The highest BCUT2D eigenvalue weighted by molar-refractivity contribution is 6.18. The molecule has 94 valence electrons. The average molecular weight is 263 g/mol. The number of halogens is 1. The molecule has 2 atom stereocenters. The van der Waals surface area contributed by atoms with E-state index in [9.17, 15) is 4.79 Å². The van der Waals surface area contributed by atoms with Crippen LogP contribution < -0.4 is 5.32 Å². The minimum absolute atomic E-state index is 0.117. The Bertz CT molecular complexity index is 481. The third-order valence-corrected chi connectivity index (χ3v) is 3.82. The molecule has 0 saturated heterocycles. The van der Waals surface area contributed by atoms with Gasteiger partial charge in [-0.2, -0.15) is 5.26 Å². The fourth-order valence-electron chi connectivity index (χ4n) is 2.39. The molecule has 0 radical (unpaired) electrons. The first-order chi connectivity index (χ1) is 8.74. The topological polar surface area (TPSA) is 52.9 Å². The zero-order valence-electron chi connectivity index (χ0n) is 10.0. The number of carbonyl (C=O) groups is 1. The highest BCUT2D eigenvalue weighted by Crippen LogP contribution is 2.26. The van der Waals surface area contributed by atoms with Gasteiger partial charge in [-0.15, -0.1) is 11.6 Å². The van der Waals surface area contributed by atoms with Gasteiger partial charge in [-0.1, -0.05) is 12.5 Å². The number of rotatable bonds is 3. The molecular weight excluding hydrogens is 248 g/mol. The number of alkyl halides is 1. The van der Waals surface area contributed by atoms with Crippen LogP contribution in [-0.4, -0.2) is 17.8 Å². The van der Waals surface area contributed by atoms with E-state index in [1.54, 1.807) is 24.3 Å². The van der Waals surface area contributed by atoms with Gasteiger partial charge in [0.2, 0.25) is 0 Å². The summed E-state index contributed by atoms with van der Waals surface area (Å²) in [6, 6.07) is 8.95. The van der Waals surface area contributed by atoms with Gasteiger partial charge < -0.3 is 5.32 Å².